The molecule has 1 atom stereocenters. The first kappa shape index (κ1) is 11.8. The van der Waals surface area contributed by atoms with E-state index in [1.54, 1.807) is 0 Å². The summed E-state index contributed by atoms with van der Waals surface area (Å²) in [5.41, 5.74) is 0. The first-order valence-corrected chi connectivity index (χ1v) is 6.33. The summed E-state index contributed by atoms with van der Waals surface area (Å²) in [7, 11) is 0. The van der Waals surface area contributed by atoms with Gasteiger partial charge in [-0.2, -0.15) is 0 Å². The normalized spacial score (nSPS) is 21.4. The standard InChI is InChI=1S/C13H25N/c1-2-3-4-5-9-12-14-13-10-7-6-8-11-13/h7,10,13-14H,2-6,8-9,11-12H2,1H3. The number of rotatable bonds is 7. The molecule has 0 saturated heterocycles. The zero-order valence-electron chi connectivity index (χ0n) is 9.60. The van der Waals surface area contributed by atoms with E-state index < -0.39 is 0 Å². The van der Waals surface area contributed by atoms with E-state index in [0.717, 1.165) is 0 Å². The zero-order valence-corrected chi connectivity index (χ0v) is 9.60. The van der Waals surface area contributed by atoms with Crippen molar-refractivity contribution in [3.63, 3.8) is 0 Å². The summed E-state index contributed by atoms with van der Waals surface area (Å²) >= 11 is 0. The van der Waals surface area contributed by atoms with Crippen LogP contribution in [0.15, 0.2) is 12.2 Å². The van der Waals surface area contributed by atoms with Gasteiger partial charge in [0.25, 0.3) is 0 Å². The van der Waals surface area contributed by atoms with Crippen LogP contribution in [0.2, 0.25) is 0 Å². The molecule has 1 aliphatic carbocycles. The van der Waals surface area contributed by atoms with Gasteiger partial charge in [0, 0.05) is 6.04 Å². The Balaban J connectivity index is 1.88. The molecule has 0 heterocycles. The first-order chi connectivity index (χ1) is 6.93. The van der Waals surface area contributed by atoms with Crippen molar-refractivity contribution in [2.75, 3.05) is 6.54 Å². The Morgan fingerprint density at radius 2 is 2.07 bits per heavy atom. The van der Waals surface area contributed by atoms with E-state index in [0.29, 0.717) is 6.04 Å². The van der Waals surface area contributed by atoms with Crippen molar-refractivity contribution in [2.45, 2.75) is 64.3 Å². The van der Waals surface area contributed by atoms with Crippen LogP contribution in [0, 0.1) is 0 Å². The number of nitrogens with one attached hydrogen (secondary N) is 1. The minimum Gasteiger partial charge on any atom is -0.311 e. The van der Waals surface area contributed by atoms with Crippen LogP contribution < -0.4 is 5.32 Å². The summed E-state index contributed by atoms with van der Waals surface area (Å²) in [5.74, 6) is 0. The van der Waals surface area contributed by atoms with Gasteiger partial charge in [-0.15, -0.1) is 0 Å². The smallest absolute Gasteiger partial charge is 0.0250 e. The molecule has 1 unspecified atom stereocenters. The van der Waals surface area contributed by atoms with Crippen LogP contribution in [0.25, 0.3) is 0 Å². The molecule has 82 valence electrons. The van der Waals surface area contributed by atoms with Crippen molar-refractivity contribution in [3.8, 4) is 0 Å². The van der Waals surface area contributed by atoms with Crippen LogP contribution >= 0.6 is 0 Å². The second kappa shape index (κ2) is 8.05. The highest BCUT2D eigenvalue weighted by atomic mass is 14.9. The average Bonchev–Trinajstić information content (AvgIpc) is 2.25. The van der Waals surface area contributed by atoms with Gasteiger partial charge >= 0.3 is 0 Å². The summed E-state index contributed by atoms with van der Waals surface area (Å²) in [6.07, 6.45) is 15.6. The maximum absolute atomic E-state index is 3.61. The van der Waals surface area contributed by atoms with Crippen molar-refractivity contribution in [1.29, 1.82) is 0 Å². The van der Waals surface area contributed by atoms with E-state index in [9.17, 15) is 0 Å². The van der Waals surface area contributed by atoms with E-state index in [2.05, 4.69) is 24.4 Å². The highest BCUT2D eigenvalue weighted by Gasteiger charge is 2.05. The fraction of sp³-hybridized carbons (Fsp3) is 0.846. The molecular weight excluding hydrogens is 170 g/mol. The maximum Gasteiger partial charge on any atom is 0.0250 e. The third kappa shape index (κ3) is 5.43. The lowest BCUT2D eigenvalue weighted by molar-refractivity contribution is 0.501. The topological polar surface area (TPSA) is 12.0 Å². The average molecular weight is 195 g/mol. The number of unbranched alkanes of at least 4 members (excludes halogenated alkanes) is 4. The minimum absolute atomic E-state index is 0.676. The Hall–Kier alpha value is -0.300. The Morgan fingerprint density at radius 1 is 1.21 bits per heavy atom. The van der Waals surface area contributed by atoms with Crippen molar-refractivity contribution in [2.24, 2.45) is 0 Å². The van der Waals surface area contributed by atoms with Crippen molar-refractivity contribution in [1.82, 2.24) is 5.32 Å². The van der Waals surface area contributed by atoms with Crippen LogP contribution in [0.1, 0.15) is 58.3 Å². The maximum atomic E-state index is 3.61. The predicted octanol–water partition coefficient (Wildman–Crippen LogP) is 3.66. The molecule has 0 spiro atoms. The number of allylic oxidation sites excluding steroid dienone is 1. The molecule has 0 amide bonds. The molecule has 0 radical (unpaired) electrons. The second-order valence-corrected chi connectivity index (χ2v) is 4.33. The van der Waals surface area contributed by atoms with Gasteiger partial charge in [0.15, 0.2) is 0 Å². The molecule has 0 bridgehead atoms. The molecule has 0 aromatic rings. The third-order valence-corrected chi connectivity index (χ3v) is 2.94. The molecule has 1 rings (SSSR count). The van der Waals surface area contributed by atoms with Gasteiger partial charge in [-0.25, -0.2) is 0 Å². The zero-order chi connectivity index (χ0) is 10.1. The molecule has 0 fully saturated rings. The van der Waals surface area contributed by atoms with Crippen molar-refractivity contribution < 1.29 is 0 Å². The molecule has 0 aliphatic heterocycles. The predicted molar refractivity (Wildman–Crippen MR) is 63.5 cm³/mol. The van der Waals surface area contributed by atoms with E-state index in [-0.39, 0.29) is 0 Å². The fourth-order valence-electron chi connectivity index (χ4n) is 2.00. The summed E-state index contributed by atoms with van der Waals surface area (Å²) in [6.45, 7) is 3.48. The van der Waals surface area contributed by atoms with Crippen LogP contribution in [0.5, 0.6) is 0 Å². The van der Waals surface area contributed by atoms with Gasteiger partial charge in [0.1, 0.15) is 0 Å². The molecule has 1 aliphatic rings. The Kier molecular flexibility index (Phi) is 6.77. The first-order valence-electron chi connectivity index (χ1n) is 6.33. The number of hydrogen-bond donors (Lipinski definition) is 1. The summed E-state index contributed by atoms with van der Waals surface area (Å²) < 4.78 is 0. The van der Waals surface area contributed by atoms with Crippen molar-refractivity contribution in [3.05, 3.63) is 12.2 Å². The van der Waals surface area contributed by atoms with Crippen LogP contribution in [0.4, 0.5) is 0 Å². The largest absolute Gasteiger partial charge is 0.311 e. The van der Waals surface area contributed by atoms with Gasteiger partial charge in [-0.05, 0) is 32.2 Å². The molecular formula is C13H25N. The Bertz CT molecular complexity index is 151. The fourth-order valence-corrected chi connectivity index (χ4v) is 2.00. The Morgan fingerprint density at radius 3 is 2.79 bits per heavy atom. The molecule has 1 nitrogen and oxygen atoms in total. The Labute approximate surface area is 89.0 Å². The van der Waals surface area contributed by atoms with Gasteiger partial charge in [-0.1, -0.05) is 44.8 Å². The lowest BCUT2D eigenvalue weighted by Gasteiger charge is -2.17. The lowest BCUT2D eigenvalue weighted by Crippen LogP contribution is -2.29. The van der Waals surface area contributed by atoms with Crippen LogP contribution in [-0.4, -0.2) is 12.6 Å². The van der Waals surface area contributed by atoms with E-state index >= 15 is 0 Å². The quantitative estimate of drug-likeness (QED) is 0.483. The lowest BCUT2D eigenvalue weighted by atomic mass is 10.0. The monoisotopic (exact) mass is 195 g/mol. The van der Waals surface area contributed by atoms with Crippen molar-refractivity contribution >= 4 is 0 Å². The molecule has 0 aromatic carbocycles. The van der Waals surface area contributed by atoms with Crippen LogP contribution in [0.3, 0.4) is 0 Å². The molecule has 0 aromatic heterocycles. The molecule has 1 heteroatoms. The van der Waals surface area contributed by atoms with E-state index in [1.807, 2.05) is 0 Å². The summed E-state index contributed by atoms with van der Waals surface area (Å²) in [5, 5.41) is 3.61. The highest BCUT2D eigenvalue weighted by molar-refractivity contribution is 4.97. The molecule has 1 N–H and O–H groups in total. The van der Waals surface area contributed by atoms with E-state index in [1.165, 1.54) is 57.9 Å². The van der Waals surface area contributed by atoms with Gasteiger partial charge in [0.05, 0.1) is 0 Å². The van der Waals surface area contributed by atoms with Crippen LogP contribution in [-0.2, 0) is 0 Å². The highest BCUT2D eigenvalue weighted by Crippen LogP contribution is 2.10. The second-order valence-electron chi connectivity index (χ2n) is 4.33. The summed E-state index contributed by atoms with van der Waals surface area (Å²) in [6, 6.07) is 0.676. The van der Waals surface area contributed by atoms with Gasteiger partial charge < -0.3 is 5.32 Å². The number of hydrogen-bond acceptors (Lipinski definition) is 1. The molecule has 14 heavy (non-hydrogen) atoms. The van der Waals surface area contributed by atoms with E-state index in [4.69, 9.17) is 0 Å². The van der Waals surface area contributed by atoms with Gasteiger partial charge in [-0.3, -0.25) is 0 Å². The minimum atomic E-state index is 0.676. The third-order valence-electron chi connectivity index (χ3n) is 2.94. The van der Waals surface area contributed by atoms with Gasteiger partial charge in [0.2, 0.25) is 0 Å². The SMILES string of the molecule is CCCCCCCNC1C=CCCC1. The summed E-state index contributed by atoms with van der Waals surface area (Å²) in [4.78, 5) is 0. The molecule has 0 saturated carbocycles.